The second-order valence-corrected chi connectivity index (χ2v) is 6.22. The number of ether oxygens (including phenoxy) is 1. The Kier molecular flexibility index (Phi) is 5.97. The summed E-state index contributed by atoms with van der Waals surface area (Å²) >= 11 is 0. The van der Waals surface area contributed by atoms with E-state index < -0.39 is 0 Å². The zero-order valence-electron chi connectivity index (χ0n) is 15.3. The fraction of sp³-hybridized carbons (Fsp3) is 0.273. The van der Waals surface area contributed by atoms with Crippen molar-refractivity contribution >= 4 is 16.8 Å². The number of methoxy groups -OCH3 is 1. The van der Waals surface area contributed by atoms with Gasteiger partial charge in [0, 0.05) is 31.2 Å². The third-order valence-electron chi connectivity index (χ3n) is 4.43. The van der Waals surface area contributed by atoms with Crippen molar-refractivity contribution in [3.8, 4) is 11.3 Å². The molecule has 1 aromatic heterocycles. The van der Waals surface area contributed by atoms with Crippen LogP contribution in [0.25, 0.3) is 22.2 Å². The van der Waals surface area contributed by atoms with Crippen LogP contribution in [0.3, 0.4) is 0 Å². The molecule has 0 unspecified atom stereocenters. The summed E-state index contributed by atoms with van der Waals surface area (Å²) in [6, 6.07) is 18.0. The van der Waals surface area contributed by atoms with E-state index in [1.165, 1.54) is 5.56 Å². The fourth-order valence-electron chi connectivity index (χ4n) is 2.94. The monoisotopic (exact) mass is 348 g/mol. The smallest absolute Gasteiger partial charge is 0.252 e. The molecule has 134 valence electrons. The molecule has 0 fully saturated rings. The lowest BCUT2D eigenvalue weighted by atomic mass is 10.0. The molecule has 0 radical (unpaired) electrons. The lowest BCUT2D eigenvalue weighted by molar-refractivity contribution is 0.0950. The summed E-state index contributed by atoms with van der Waals surface area (Å²) < 4.78 is 5.03. The van der Waals surface area contributed by atoms with Gasteiger partial charge in [0.05, 0.1) is 16.8 Å². The molecule has 1 heterocycles. The molecule has 26 heavy (non-hydrogen) atoms. The highest BCUT2D eigenvalue weighted by Gasteiger charge is 2.13. The maximum atomic E-state index is 12.7. The number of hydrogen-bond donors (Lipinski definition) is 1. The predicted octanol–water partition coefficient (Wildman–Crippen LogP) is 4.23. The fourth-order valence-corrected chi connectivity index (χ4v) is 2.94. The van der Waals surface area contributed by atoms with Gasteiger partial charge in [0.25, 0.3) is 5.91 Å². The number of benzene rings is 2. The second kappa shape index (κ2) is 8.59. The number of fused-ring (bicyclic) bond motifs is 1. The molecule has 1 N–H and O–H groups in total. The third-order valence-corrected chi connectivity index (χ3v) is 4.43. The van der Waals surface area contributed by atoms with Crippen LogP contribution < -0.4 is 5.32 Å². The number of para-hydroxylation sites is 1. The topological polar surface area (TPSA) is 51.2 Å². The molecule has 0 aliphatic heterocycles. The van der Waals surface area contributed by atoms with Crippen molar-refractivity contribution in [1.29, 1.82) is 0 Å². The number of nitrogens with one attached hydrogen (secondary N) is 1. The molecule has 0 saturated carbocycles. The number of carbonyl (C=O) groups excluding carboxylic acids is 1. The number of amides is 1. The summed E-state index contributed by atoms with van der Waals surface area (Å²) in [6.45, 7) is 3.35. The Balaban J connectivity index is 1.96. The largest absolute Gasteiger partial charge is 0.385 e. The first-order chi connectivity index (χ1) is 12.7. The van der Waals surface area contributed by atoms with Gasteiger partial charge in [-0.05, 0) is 30.5 Å². The quantitative estimate of drug-likeness (QED) is 0.650. The van der Waals surface area contributed by atoms with Crippen LogP contribution in [-0.2, 0) is 11.2 Å². The van der Waals surface area contributed by atoms with Crippen LogP contribution in [0.2, 0.25) is 0 Å². The van der Waals surface area contributed by atoms with Crippen molar-refractivity contribution in [1.82, 2.24) is 10.3 Å². The second-order valence-electron chi connectivity index (χ2n) is 6.22. The molecule has 2 aromatic carbocycles. The maximum Gasteiger partial charge on any atom is 0.252 e. The van der Waals surface area contributed by atoms with Crippen LogP contribution in [0, 0.1) is 0 Å². The van der Waals surface area contributed by atoms with Gasteiger partial charge in [0.1, 0.15) is 0 Å². The third kappa shape index (κ3) is 4.09. The molecule has 0 aliphatic rings. The van der Waals surface area contributed by atoms with E-state index in [4.69, 9.17) is 9.72 Å². The van der Waals surface area contributed by atoms with E-state index in [2.05, 4.69) is 36.5 Å². The number of rotatable bonds is 7. The Morgan fingerprint density at radius 2 is 1.88 bits per heavy atom. The number of aromatic nitrogens is 1. The molecular weight excluding hydrogens is 324 g/mol. The molecule has 0 aliphatic carbocycles. The van der Waals surface area contributed by atoms with Crippen LogP contribution in [0.15, 0.2) is 54.6 Å². The summed E-state index contributed by atoms with van der Waals surface area (Å²) in [7, 11) is 1.66. The van der Waals surface area contributed by atoms with Gasteiger partial charge in [-0.25, -0.2) is 4.98 Å². The SMILES string of the molecule is CCc1ccc(-c2cc(C(=O)NCCCOC)c3ccccc3n2)cc1. The van der Waals surface area contributed by atoms with Gasteiger partial charge < -0.3 is 10.1 Å². The highest BCUT2D eigenvalue weighted by Crippen LogP contribution is 2.25. The van der Waals surface area contributed by atoms with Crippen molar-refractivity contribution in [2.45, 2.75) is 19.8 Å². The van der Waals surface area contributed by atoms with E-state index in [9.17, 15) is 4.79 Å². The highest BCUT2D eigenvalue weighted by atomic mass is 16.5. The minimum Gasteiger partial charge on any atom is -0.385 e. The van der Waals surface area contributed by atoms with Crippen molar-refractivity contribution in [3.05, 3.63) is 65.7 Å². The lowest BCUT2D eigenvalue weighted by Crippen LogP contribution is -2.25. The van der Waals surface area contributed by atoms with Crippen LogP contribution in [0.5, 0.6) is 0 Å². The van der Waals surface area contributed by atoms with Gasteiger partial charge in [0.2, 0.25) is 0 Å². The summed E-state index contributed by atoms with van der Waals surface area (Å²) in [5, 5.41) is 3.84. The molecule has 0 spiro atoms. The number of hydrogen-bond acceptors (Lipinski definition) is 3. The Morgan fingerprint density at radius 3 is 2.62 bits per heavy atom. The van der Waals surface area contributed by atoms with Gasteiger partial charge >= 0.3 is 0 Å². The van der Waals surface area contributed by atoms with Crippen molar-refractivity contribution in [2.75, 3.05) is 20.3 Å². The average Bonchev–Trinajstić information content (AvgIpc) is 2.70. The zero-order chi connectivity index (χ0) is 18.4. The summed E-state index contributed by atoms with van der Waals surface area (Å²) in [5.41, 5.74) is 4.59. The zero-order valence-corrected chi connectivity index (χ0v) is 15.3. The van der Waals surface area contributed by atoms with Gasteiger partial charge in [0.15, 0.2) is 0 Å². The Morgan fingerprint density at radius 1 is 1.12 bits per heavy atom. The molecule has 3 aromatic rings. The normalized spacial score (nSPS) is 10.8. The first kappa shape index (κ1) is 18.1. The molecule has 0 saturated heterocycles. The summed E-state index contributed by atoms with van der Waals surface area (Å²) in [5.74, 6) is -0.0777. The minimum absolute atomic E-state index is 0.0777. The van der Waals surface area contributed by atoms with E-state index >= 15 is 0 Å². The van der Waals surface area contributed by atoms with E-state index in [1.807, 2.05) is 30.3 Å². The molecule has 3 rings (SSSR count). The lowest BCUT2D eigenvalue weighted by Gasteiger charge is -2.11. The highest BCUT2D eigenvalue weighted by molar-refractivity contribution is 6.07. The Labute approximate surface area is 154 Å². The molecular formula is C22H24N2O2. The number of aryl methyl sites for hydroxylation is 1. The van der Waals surface area contributed by atoms with Crippen LogP contribution in [-0.4, -0.2) is 31.2 Å². The van der Waals surface area contributed by atoms with E-state index in [-0.39, 0.29) is 5.91 Å². The molecule has 0 bridgehead atoms. The van der Waals surface area contributed by atoms with Crippen LogP contribution >= 0.6 is 0 Å². The first-order valence-corrected chi connectivity index (χ1v) is 8.99. The molecule has 0 atom stereocenters. The first-order valence-electron chi connectivity index (χ1n) is 8.99. The van der Waals surface area contributed by atoms with Gasteiger partial charge in [-0.3, -0.25) is 4.79 Å². The molecule has 1 amide bonds. The Bertz CT molecular complexity index is 888. The maximum absolute atomic E-state index is 12.7. The minimum atomic E-state index is -0.0777. The van der Waals surface area contributed by atoms with Crippen molar-refractivity contribution in [3.63, 3.8) is 0 Å². The van der Waals surface area contributed by atoms with E-state index in [1.54, 1.807) is 7.11 Å². The van der Waals surface area contributed by atoms with Gasteiger partial charge in [-0.2, -0.15) is 0 Å². The van der Waals surface area contributed by atoms with Crippen molar-refractivity contribution < 1.29 is 9.53 Å². The Hall–Kier alpha value is -2.72. The molecule has 4 nitrogen and oxygen atoms in total. The summed E-state index contributed by atoms with van der Waals surface area (Å²) in [4.78, 5) is 17.5. The van der Waals surface area contributed by atoms with Gasteiger partial charge in [-0.1, -0.05) is 49.4 Å². The van der Waals surface area contributed by atoms with Gasteiger partial charge in [-0.15, -0.1) is 0 Å². The summed E-state index contributed by atoms with van der Waals surface area (Å²) in [6.07, 6.45) is 1.79. The average molecular weight is 348 g/mol. The van der Waals surface area contributed by atoms with E-state index in [0.29, 0.717) is 18.7 Å². The standard InChI is InChI=1S/C22H24N2O2/c1-3-16-9-11-17(12-10-16)21-15-19(22(25)23-13-6-14-26-2)18-7-4-5-8-20(18)24-21/h4-5,7-12,15H,3,6,13-14H2,1-2H3,(H,23,25). The number of carbonyl (C=O) groups is 1. The number of nitrogens with zero attached hydrogens (tertiary/aromatic N) is 1. The van der Waals surface area contributed by atoms with Crippen molar-refractivity contribution in [2.24, 2.45) is 0 Å². The van der Waals surface area contributed by atoms with Crippen LogP contribution in [0.4, 0.5) is 0 Å². The molecule has 4 heteroatoms. The van der Waals surface area contributed by atoms with Crippen LogP contribution in [0.1, 0.15) is 29.3 Å². The number of pyridine rings is 1. The van der Waals surface area contributed by atoms with E-state index in [0.717, 1.165) is 35.0 Å². The predicted molar refractivity (Wildman–Crippen MR) is 105 cm³/mol.